The largest absolute Gasteiger partial charge is 0.367 e. The number of anilines is 1. The smallest absolute Gasteiger partial charge is 0.148 e. The molecular formula is C14H17N3S. The van der Waals surface area contributed by atoms with E-state index >= 15 is 0 Å². The molecule has 1 N–H and O–H groups in total. The average Bonchev–Trinajstić information content (AvgIpc) is 3.17. The Kier molecular flexibility index (Phi) is 2.90. The van der Waals surface area contributed by atoms with Gasteiger partial charge in [-0.3, -0.25) is 0 Å². The normalized spacial score (nSPS) is 16.8. The Morgan fingerprint density at radius 3 is 2.50 bits per heavy atom. The maximum atomic E-state index is 4.66. The molecule has 0 atom stereocenters. The molecule has 94 valence electrons. The van der Waals surface area contributed by atoms with Crippen molar-refractivity contribution in [2.75, 3.05) is 18.1 Å². The number of para-hydroxylation sites is 2. The van der Waals surface area contributed by atoms with E-state index in [1.165, 1.54) is 12.8 Å². The Morgan fingerprint density at radius 2 is 1.89 bits per heavy atom. The van der Waals surface area contributed by atoms with E-state index in [1.807, 2.05) is 43.0 Å². The molecule has 1 aliphatic rings. The molecule has 0 unspecified atom stereocenters. The fourth-order valence-corrected chi connectivity index (χ4v) is 2.82. The van der Waals surface area contributed by atoms with Crippen LogP contribution in [0.3, 0.4) is 0 Å². The molecule has 1 heterocycles. The van der Waals surface area contributed by atoms with E-state index < -0.39 is 0 Å². The SMILES string of the molecule is CSC1(CNc2nc3ccccc3nc2C)CC1. The molecule has 0 radical (unpaired) electrons. The van der Waals surface area contributed by atoms with Crippen LogP contribution in [0.5, 0.6) is 0 Å². The van der Waals surface area contributed by atoms with Gasteiger partial charge in [-0.05, 0) is 38.2 Å². The highest BCUT2D eigenvalue weighted by atomic mass is 32.2. The zero-order chi connectivity index (χ0) is 12.6. The second-order valence-electron chi connectivity index (χ2n) is 4.89. The van der Waals surface area contributed by atoms with Gasteiger partial charge in [0.05, 0.1) is 16.7 Å². The maximum Gasteiger partial charge on any atom is 0.148 e. The average molecular weight is 259 g/mol. The summed E-state index contributed by atoms with van der Waals surface area (Å²) in [6, 6.07) is 8.01. The van der Waals surface area contributed by atoms with Gasteiger partial charge in [0.25, 0.3) is 0 Å². The van der Waals surface area contributed by atoms with Crippen LogP contribution in [0.25, 0.3) is 11.0 Å². The topological polar surface area (TPSA) is 37.8 Å². The van der Waals surface area contributed by atoms with Crippen molar-refractivity contribution in [1.29, 1.82) is 0 Å². The molecule has 0 spiro atoms. The first-order chi connectivity index (χ1) is 8.72. The minimum absolute atomic E-state index is 0.444. The summed E-state index contributed by atoms with van der Waals surface area (Å²) in [5, 5.41) is 3.46. The summed E-state index contributed by atoms with van der Waals surface area (Å²) < 4.78 is 0.444. The Labute approximate surface area is 111 Å². The van der Waals surface area contributed by atoms with Gasteiger partial charge in [-0.1, -0.05) is 12.1 Å². The van der Waals surface area contributed by atoms with Gasteiger partial charge in [-0.15, -0.1) is 0 Å². The Bertz CT molecular complexity index is 578. The van der Waals surface area contributed by atoms with Gasteiger partial charge in [-0.25, -0.2) is 9.97 Å². The van der Waals surface area contributed by atoms with Crippen LogP contribution in [-0.4, -0.2) is 27.5 Å². The quantitative estimate of drug-likeness (QED) is 0.914. The minimum atomic E-state index is 0.444. The summed E-state index contributed by atoms with van der Waals surface area (Å²) in [6.45, 7) is 3.00. The van der Waals surface area contributed by atoms with E-state index in [1.54, 1.807) is 0 Å². The molecular weight excluding hydrogens is 242 g/mol. The number of nitrogens with zero attached hydrogens (tertiary/aromatic N) is 2. The zero-order valence-electron chi connectivity index (χ0n) is 10.7. The van der Waals surface area contributed by atoms with Crippen molar-refractivity contribution in [3.8, 4) is 0 Å². The first-order valence-electron chi connectivity index (χ1n) is 6.25. The van der Waals surface area contributed by atoms with Crippen molar-refractivity contribution in [1.82, 2.24) is 9.97 Å². The lowest BCUT2D eigenvalue weighted by molar-refractivity contribution is 0.935. The monoisotopic (exact) mass is 259 g/mol. The minimum Gasteiger partial charge on any atom is -0.367 e. The van der Waals surface area contributed by atoms with Crippen molar-refractivity contribution in [2.45, 2.75) is 24.5 Å². The Hall–Kier alpha value is -1.29. The molecule has 0 aliphatic heterocycles. The lowest BCUT2D eigenvalue weighted by atomic mass is 10.3. The van der Waals surface area contributed by atoms with Crippen molar-refractivity contribution < 1.29 is 0 Å². The van der Waals surface area contributed by atoms with Gasteiger partial charge in [0.15, 0.2) is 0 Å². The molecule has 1 aromatic carbocycles. The predicted octanol–water partition coefficient (Wildman–Crippen LogP) is 3.25. The van der Waals surface area contributed by atoms with Crippen LogP contribution < -0.4 is 5.32 Å². The number of benzene rings is 1. The van der Waals surface area contributed by atoms with E-state index in [-0.39, 0.29) is 0 Å². The van der Waals surface area contributed by atoms with Gasteiger partial charge >= 0.3 is 0 Å². The maximum absolute atomic E-state index is 4.66. The molecule has 1 aromatic heterocycles. The van der Waals surface area contributed by atoms with E-state index in [9.17, 15) is 0 Å². The molecule has 1 fully saturated rings. The van der Waals surface area contributed by atoms with E-state index in [2.05, 4.69) is 21.5 Å². The van der Waals surface area contributed by atoms with Crippen LogP contribution >= 0.6 is 11.8 Å². The standard InChI is InChI=1S/C14H17N3S/c1-10-13(15-9-14(18-2)7-8-14)17-12-6-4-3-5-11(12)16-10/h3-6H,7-9H2,1-2H3,(H,15,17). The summed E-state index contributed by atoms with van der Waals surface area (Å²) >= 11 is 1.96. The number of fused-ring (bicyclic) bond motifs is 1. The molecule has 1 aliphatic carbocycles. The van der Waals surface area contributed by atoms with Crippen LogP contribution in [0, 0.1) is 6.92 Å². The first-order valence-corrected chi connectivity index (χ1v) is 7.47. The van der Waals surface area contributed by atoms with Crippen LogP contribution in [0.15, 0.2) is 24.3 Å². The molecule has 0 bridgehead atoms. The summed E-state index contributed by atoms with van der Waals surface area (Å²) in [4.78, 5) is 9.25. The number of nitrogens with one attached hydrogen (secondary N) is 1. The summed E-state index contributed by atoms with van der Waals surface area (Å²) in [5.41, 5.74) is 2.90. The number of rotatable bonds is 4. The first kappa shape index (κ1) is 11.8. The van der Waals surface area contributed by atoms with Gasteiger partial charge in [0, 0.05) is 11.3 Å². The molecule has 0 amide bonds. The number of hydrogen-bond acceptors (Lipinski definition) is 4. The molecule has 2 aromatic rings. The third kappa shape index (κ3) is 2.17. The fourth-order valence-electron chi connectivity index (χ4n) is 2.09. The van der Waals surface area contributed by atoms with Crippen molar-refractivity contribution in [3.63, 3.8) is 0 Å². The zero-order valence-corrected chi connectivity index (χ0v) is 11.5. The Balaban J connectivity index is 1.85. The van der Waals surface area contributed by atoms with Crippen molar-refractivity contribution in [3.05, 3.63) is 30.0 Å². The lowest BCUT2D eigenvalue weighted by Gasteiger charge is -2.15. The second-order valence-corrected chi connectivity index (χ2v) is 6.16. The van der Waals surface area contributed by atoms with Gasteiger partial charge < -0.3 is 5.32 Å². The van der Waals surface area contributed by atoms with Gasteiger partial charge in [0.2, 0.25) is 0 Å². The third-order valence-corrected chi connectivity index (χ3v) is 4.98. The second kappa shape index (κ2) is 4.43. The van der Waals surface area contributed by atoms with E-state index in [0.29, 0.717) is 4.75 Å². The van der Waals surface area contributed by atoms with Crippen molar-refractivity contribution in [2.24, 2.45) is 0 Å². The van der Waals surface area contributed by atoms with E-state index in [0.717, 1.165) is 29.1 Å². The molecule has 0 saturated heterocycles. The van der Waals surface area contributed by atoms with Crippen LogP contribution in [0.2, 0.25) is 0 Å². The predicted molar refractivity (Wildman–Crippen MR) is 78.2 cm³/mol. The van der Waals surface area contributed by atoms with Gasteiger partial charge in [0.1, 0.15) is 5.82 Å². The summed E-state index contributed by atoms with van der Waals surface area (Å²) in [6.07, 6.45) is 4.80. The van der Waals surface area contributed by atoms with Gasteiger partial charge in [-0.2, -0.15) is 11.8 Å². The number of thioether (sulfide) groups is 1. The third-order valence-electron chi connectivity index (χ3n) is 3.56. The number of hydrogen-bond donors (Lipinski definition) is 1. The lowest BCUT2D eigenvalue weighted by Crippen LogP contribution is -2.19. The van der Waals surface area contributed by atoms with Crippen LogP contribution in [-0.2, 0) is 0 Å². The van der Waals surface area contributed by atoms with Crippen LogP contribution in [0.1, 0.15) is 18.5 Å². The Morgan fingerprint density at radius 1 is 1.22 bits per heavy atom. The highest BCUT2D eigenvalue weighted by molar-refractivity contribution is 8.00. The van der Waals surface area contributed by atoms with Crippen molar-refractivity contribution >= 4 is 28.6 Å². The number of aromatic nitrogens is 2. The molecule has 4 heteroatoms. The number of aryl methyl sites for hydroxylation is 1. The molecule has 3 nitrogen and oxygen atoms in total. The van der Waals surface area contributed by atoms with E-state index in [4.69, 9.17) is 0 Å². The fraction of sp³-hybridized carbons (Fsp3) is 0.429. The molecule has 3 rings (SSSR count). The summed E-state index contributed by atoms with van der Waals surface area (Å²) in [5.74, 6) is 0.925. The highest BCUT2D eigenvalue weighted by Gasteiger charge is 2.41. The molecule has 1 saturated carbocycles. The highest BCUT2D eigenvalue weighted by Crippen LogP contribution is 2.47. The molecule has 18 heavy (non-hydrogen) atoms. The summed E-state index contributed by atoms with van der Waals surface area (Å²) in [7, 11) is 0. The van der Waals surface area contributed by atoms with Crippen LogP contribution in [0.4, 0.5) is 5.82 Å².